The molecule has 2 aromatic carbocycles. The quantitative estimate of drug-likeness (QED) is 0.493. The number of hydrogen-bond donors (Lipinski definition) is 2. The zero-order valence-electron chi connectivity index (χ0n) is 14.8. The van der Waals surface area contributed by atoms with E-state index in [0.717, 1.165) is 16.0 Å². The zero-order chi connectivity index (χ0) is 19.5. The third kappa shape index (κ3) is 3.88. The standard InChI is InChI=1S/C20H15N3O3S2/c1-26-14-7-8-15-17(11-14)28-20(22-15)23-18(24)12-4-2-5-13(10-12)21-19(25)16-6-3-9-27-16/h2-11H,1H3,(H,21,25)(H,22,23,24). The number of benzene rings is 2. The Balaban J connectivity index is 1.49. The van der Waals surface area contributed by atoms with Crippen molar-refractivity contribution in [1.82, 2.24) is 4.98 Å². The maximum Gasteiger partial charge on any atom is 0.265 e. The van der Waals surface area contributed by atoms with E-state index < -0.39 is 0 Å². The number of anilines is 2. The molecular formula is C20H15N3O3S2. The molecule has 0 aliphatic rings. The largest absolute Gasteiger partial charge is 0.497 e. The van der Waals surface area contributed by atoms with Crippen LogP contribution in [0, 0.1) is 0 Å². The van der Waals surface area contributed by atoms with Crippen molar-refractivity contribution in [3.05, 3.63) is 70.4 Å². The molecule has 4 rings (SSSR count). The van der Waals surface area contributed by atoms with Crippen LogP contribution in [0.25, 0.3) is 10.2 Å². The zero-order valence-corrected chi connectivity index (χ0v) is 16.4. The lowest BCUT2D eigenvalue weighted by atomic mass is 10.2. The molecule has 2 amide bonds. The summed E-state index contributed by atoms with van der Waals surface area (Å²) in [6.45, 7) is 0. The van der Waals surface area contributed by atoms with Crippen LogP contribution < -0.4 is 15.4 Å². The highest BCUT2D eigenvalue weighted by Crippen LogP contribution is 2.29. The van der Waals surface area contributed by atoms with Crippen molar-refractivity contribution in [2.45, 2.75) is 0 Å². The molecule has 0 unspecified atom stereocenters. The van der Waals surface area contributed by atoms with Crippen molar-refractivity contribution in [1.29, 1.82) is 0 Å². The topological polar surface area (TPSA) is 80.3 Å². The molecule has 28 heavy (non-hydrogen) atoms. The number of thiophene rings is 1. The molecule has 0 saturated carbocycles. The van der Waals surface area contributed by atoms with Crippen LogP contribution in [0.15, 0.2) is 60.0 Å². The van der Waals surface area contributed by atoms with E-state index in [1.54, 1.807) is 37.4 Å². The van der Waals surface area contributed by atoms with Crippen molar-refractivity contribution >= 4 is 55.5 Å². The van der Waals surface area contributed by atoms with Crippen molar-refractivity contribution in [2.24, 2.45) is 0 Å². The summed E-state index contributed by atoms with van der Waals surface area (Å²) in [6.07, 6.45) is 0. The average molecular weight is 409 g/mol. The van der Waals surface area contributed by atoms with Gasteiger partial charge in [-0.2, -0.15) is 0 Å². The number of hydrogen-bond acceptors (Lipinski definition) is 6. The Morgan fingerprint density at radius 3 is 2.68 bits per heavy atom. The van der Waals surface area contributed by atoms with Crippen LogP contribution in [0.4, 0.5) is 10.8 Å². The summed E-state index contributed by atoms with van der Waals surface area (Å²) in [7, 11) is 1.61. The van der Waals surface area contributed by atoms with Crippen molar-refractivity contribution in [3.8, 4) is 5.75 Å². The van der Waals surface area contributed by atoms with Gasteiger partial charge >= 0.3 is 0 Å². The number of ether oxygens (including phenoxy) is 1. The van der Waals surface area contributed by atoms with Crippen LogP contribution >= 0.6 is 22.7 Å². The van der Waals surface area contributed by atoms with Gasteiger partial charge in [0.2, 0.25) is 0 Å². The van der Waals surface area contributed by atoms with Gasteiger partial charge in [-0.1, -0.05) is 23.5 Å². The first-order valence-electron chi connectivity index (χ1n) is 8.33. The Morgan fingerprint density at radius 1 is 1.00 bits per heavy atom. The van der Waals surface area contributed by atoms with E-state index in [4.69, 9.17) is 4.74 Å². The first kappa shape index (κ1) is 18.1. The molecule has 4 aromatic rings. The molecule has 2 aromatic heterocycles. The molecule has 0 aliphatic carbocycles. The first-order valence-corrected chi connectivity index (χ1v) is 10.0. The lowest BCUT2D eigenvalue weighted by Gasteiger charge is -2.06. The average Bonchev–Trinajstić information content (AvgIpc) is 3.37. The summed E-state index contributed by atoms with van der Waals surface area (Å²) < 4.78 is 6.13. The van der Waals surface area contributed by atoms with Gasteiger partial charge in [-0.15, -0.1) is 11.3 Å². The van der Waals surface area contributed by atoms with Crippen LogP contribution in [0.1, 0.15) is 20.0 Å². The number of nitrogens with one attached hydrogen (secondary N) is 2. The summed E-state index contributed by atoms with van der Waals surface area (Å²) >= 11 is 2.73. The number of thiazole rings is 1. The third-order valence-corrected chi connectivity index (χ3v) is 5.75. The maximum absolute atomic E-state index is 12.6. The molecule has 0 radical (unpaired) electrons. The van der Waals surface area contributed by atoms with Gasteiger partial charge in [-0.05, 0) is 47.8 Å². The molecule has 0 spiro atoms. The van der Waals surface area contributed by atoms with Crippen LogP contribution in [-0.4, -0.2) is 23.9 Å². The Morgan fingerprint density at radius 2 is 1.89 bits per heavy atom. The minimum absolute atomic E-state index is 0.201. The monoisotopic (exact) mass is 409 g/mol. The van der Waals surface area contributed by atoms with Gasteiger partial charge in [0.1, 0.15) is 5.75 Å². The molecule has 2 heterocycles. The number of methoxy groups -OCH3 is 1. The molecule has 6 nitrogen and oxygen atoms in total. The second-order valence-electron chi connectivity index (χ2n) is 5.82. The highest BCUT2D eigenvalue weighted by atomic mass is 32.1. The maximum atomic E-state index is 12.6. The van der Waals surface area contributed by atoms with Crippen LogP contribution in [0.3, 0.4) is 0 Å². The van der Waals surface area contributed by atoms with E-state index in [9.17, 15) is 9.59 Å². The van der Waals surface area contributed by atoms with E-state index in [2.05, 4.69) is 15.6 Å². The fraction of sp³-hybridized carbons (Fsp3) is 0.0500. The number of fused-ring (bicyclic) bond motifs is 1. The third-order valence-electron chi connectivity index (χ3n) is 3.94. The summed E-state index contributed by atoms with van der Waals surface area (Å²) in [5.74, 6) is 0.245. The Labute approximate surface area is 168 Å². The number of carbonyl (C=O) groups is 2. The highest BCUT2D eigenvalue weighted by molar-refractivity contribution is 7.22. The molecule has 0 saturated heterocycles. The first-order chi connectivity index (χ1) is 13.6. The van der Waals surface area contributed by atoms with Gasteiger partial charge in [0, 0.05) is 11.3 Å². The number of carbonyl (C=O) groups excluding carboxylic acids is 2. The Hall–Kier alpha value is -3.23. The predicted molar refractivity (Wildman–Crippen MR) is 113 cm³/mol. The Kier molecular flexibility index (Phi) is 5.05. The van der Waals surface area contributed by atoms with Crippen molar-refractivity contribution in [2.75, 3.05) is 17.7 Å². The molecular weight excluding hydrogens is 394 g/mol. The Bertz CT molecular complexity index is 1150. The van der Waals surface area contributed by atoms with Gasteiger partial charge in [0.05, 0.1) is 22.2 Å². The number of amides is 2. The number of nitrogens with zero attached hydrogens (tertiary/aromatic N) is 1. The molecule has 140 valence electrons. The molecule has 0 bridgehead atoms. The predicted octanol–water partition coefficient (Wildman–Crippen LogP) is 4.87. The van der Waals surface area contributed by atoms with E-state index >= 15 is 0 Å². The van der Waals surface area contributed by atoms with E-state index in [-0.39, 0.29) is 11.8 Å². The van der Waals surface area contributed by atoms with Crippen molar-refractivity contribution in [3.63, 3.8) is 0 Å². The molecule has 0 aliphatic heterocycles. The van der Waals surface area contributed by atoms with Gasteiger partial charge < -0.3 is 10.1 Å². The minimum atomic E-state index is -0.293. The van der Waals surface area contributed by atoms with Crippen molar-refractivity contribution < 1.29 is 14.3 Å². The van der Waals surface area contributed by atoms with E-state index in [1.165, 1.54) is 22.7 Å². The molecule has 0 atom stereocenters. The summed E-state index contributed by atoms with van der Waals surface area (Å²) in [6, 6.07) is 15.9. The second-order valence-corrected chi connectivity index (χ2v) is 7.80. The summed E-state index contributed by atoms with van der Waals surface area (Å²) in [5.41, 5.74) is 1.78. The molecule has 8 heteroatoms. The smallest absolute Gasteiger partial charge is 0.265 e. The normalized spacial score (nSPS) is 10.6. The summed E-state index contributed by atoms with van der Waals surface area (Å²) in [4.78, 5) is 29.8. The SMILES string of the molecule is COc1ccc2nc(NC(=O)c3cccc(NC(=O)c4cccs4)c3)sc2c1. The van der Waals surface area contributed by atoms with Gasteiger partial charge in [0.25, 0.3) is 11.8 Å². The minimum Gasteiger partial charge on any atom is -0.497 e. The highest BCUT2D eigenvalue weighted by Gasteiger charge is 2.12. The van der Waals surface area contributed by atoms with Crippen LogP contribution in [0.5, 0.6) is 5.75 Å². The lowest BCUT2D eigenvalue weighted by molar-refractivity contribution is 0.101. The van der Waals surface area contributed by atoms with Gasteiger partial charge in [0.15, 0.2) is 5.13 Å². The van der Waals surface area contributed by atoms with Gasteiger partial charge in [-0.25, -0.2) is 4.98 Å². The molecule has 0 fully saturated rings. The molecule has 2 N–H and O–H groups in total. The number of rotatable bonds is 5. The van der Waals surface area contributed by atoms with Gasteiger partial charge in [-0.3, -0.25) is 14.9 Å². The lowest BCUT2D eigenvalue weighted by Crippen LogP contribution is -2.14. The van der Waals surface area contributed by atoms with E-state index in [1.807, 2.05) is 29.6 Å². The number of aromatic nitrogens is 1. The van der Waals surface area contributed by atoms with Crippen LogP contribution in [-0.2, 0) is 0 Å². The summed E-state index contributed by atoms with van der Waals surface area (Å²) in [5, 5.41) is 7.95. The fourth-order valence-corrected chi connectivity index (χ4v) is 4.10. The fourth-order valence-electron chi connectivity index (χ4n) is 2.59. The second kappa shape index (κ2) is 7.79. The van der Waals surface area contributed by atoms with Crippen LogP contribution in [0.2, 0.25) is 0 Å². The van der Waals surface area contributed by atoms with E-state index in [0.29, 0.717) is 21.3 Å².